The lowest BCUT2D eigenvalue weighted by molar-refractivity contribution is 0.0919. The van der Waals surface area contributed by atoms with Crippen molar-refractivity contribution in [3.8, 4) is 11.5 Å². The number of hydrogen-bond donors (Lipinski definition) is 0. The van der Waals surface area contributed by atoms with Crippen LogP contribution in [0.25, 0.3) is 0 Å². The summed E-state index contributed by atoms with van der Waals surface area (Å²) in [7, 11) is 1.59. The molecule has 2 aromatic carbocycles. The Labute approximate surface area is 129 Å². The minimum absolute atomic E-state index is 0.00195. The quantitative estimate of drug-likeness (QED) is 0.597. The summed E-state index contributed by atoms with van der Waals surface area (Å²) in [5.41, 5.74) is 1.73. The standard InChI is InChI=1S/C17H18O3S/c1-12-4-9-16(17(10-12)19-2)20-11-15(18)13-5-7-14(21-3)8-6-13/h4-10H,11H2,1-3H3. The Kier molecular flexibility index (Phi) is 5.28. The molecule has 0 spiro atoms. The van der Waals surface area contributed by atoms with E-state index in [1.165, 1.54) is 0 Å². The van der Waals surface area contributed by atoms with Crippen LogP contribution in [0.2, 0.25) is 0 Å². The molecule has 0 amide bonds. The van der Waals surface area contributed by atoms with Crippen LogP contribution >= 0.6 is 11.8 Å². The molecular formula is C17H18O3S. The molecule has 0 saturated carbocycles. The largest absolute Gasteiger partial charge is 0.493 e. The number of Topliss-reactive ketones (excluding diaryl/α,β-unsaturated/α-hetero) is 1. The molecule has 0 aliphatic rings. The summed E-state index contributed by atoms with van der Waals surface area (Å²) in [6.07, 6.45) is 2.00. The molecule has 0 unspecified atom stereocenters. The second kappa shape index (κ2) is 7.18. The Morgan fingerprint density at radius 1 is 1.10 bits per heavy atom. The van der Waals surface area contributed by atoms with Crippen LogP contribution in [0.3, 0.4) is 0 Å². The van der Waals surface area contributed by atoms with Gasteiger partial charge in [-0.25, -0.2) is 0 Å². The molecule has 0 atom stereocenters. The number of rotatable bonds is 6. The van der Waals surface area contributed by atoms with Crippen molar-refractivity contribution in [1.29, 1.82) is 0 Å². The van der Waals surface area contributed by atoms with Gasteiger partial charge in [0.15, 0.2) is 23.9 Å². The molecule has 0 fully saturated rings. The van der Waals surface area contributed by atoms with E-state index in [-0.39, 0.29) is 12.4 Å². The summed E-state index contributed by atoms with van der Waals surface area (Å²) in [6.45, 7) is 1.97. The number of methoxy groups -OCH3 is 1. The van der Waals surface area contributed by atoms with Crippen LogP contribution in [0.15, 0.2) is 47.4 Å². The Balaban J connectivity index is 2.03. The summed E-state index contributed by atoms with van der Waals surface area (Å²) in [5, 5.41) is 0. The smallest absolute Gasteiger partial charge is 0.200 e. The second-order valence-electron chi connectivity index (χ2n) is 4.59. The summed E-state index contributed by atoms with van der Waals surface area (Å²) in [6, 6.07) is 13.1. The van der Waals surface area contributed by atoms with Gasteiger partial charge in [-0.2, -0.15) is 0 Å². The van der Waals surface area contributed by atoms with E-state index in [9.17, 15) is 4.79 Å². The molecule has 2 aromatic rings. The number of ether oxygens (including phenoxy) is 2. The van der Waals surface area contributed by atoms with Crippen LogP contribution in [0.5, 0.6) is 11.5 Å². The van der Waals surface area contributed by atoms with Crippen molar-refractivity contribution in [3.05, 3.63) is 53.6 Å². The van der Waals surface area contributed by atoms with Gasteiger partial charge >= 0.3 is 0 Å². The topological polar surface area (TPSA) is 35.5 Å². The summed E-state index contributed by atoms with van der Waals surface area (Å²) >= 11 is 1.65. The van der Waals surface area contributed by atoms with E-state index < -0.39 is 0 Å². The van der Waals surface area contributed by atoms with Gasteiger partial charge in [-0.05, 0) is 43.0 Å². The van der Waals surface area contributed by atoms with E-state index in [2.05, 4.69) is 0 Å². The van der Waals surface area contributed by atoms with Crippen LogP contribution in [-0.2, 0) is 0 Å². The maximum absolute atomic E-state index is 12.1. The van der Waals surface area contributed by atoms with E-state index in [0.717, 1.165) is 10.5 Å². The maximum atomic E-state index is 12.1. The third-order valence-corrected chi connectivity index (χ3v) is 3.83. The second-order valence-corrected chi connectivity index (χ2v) is 5.47. The minimum Gasteiger partial charge on any atom is -0.493 e. The van der Waals surface area contributed by atoms with Gasteiger partial charge in [0.1, 0.15) is 0 Å². The highest BCUT2D eigenvalue weighted by Gasteiger charge is 2.10. The van der Waals surface area contributed by atoms with Crippen LogP contribution in [0, 0.1) is 6.92 Å². The van der Waals surface area contributed by atoms with Gasteiger partial charge in [0.05, 0.1) is 7.11 Å². The van der Waals surface area contributed by atoms with Crippen molar-refractivity contribution in [2.75, 3.05) is 20.0 Å². The molecule has 0 aliphatic carbocycles. The van der Waals surface area contributed by atoms with Gasteiger partial charge < -0.3 is 9.47 Å². The lowest BCUT2D eigenvalue weighted by Gasteiger charge is -2.11. The number of benzene rings is 2. The van der Waals surface area contributed by atoms with Gasteiger partial charge in [0.25, 0.3) is 0 Å². The summed E-state index contributed by atoms with van der Waals surface area (Å²) in [5.74, 6) is 1.17. The molecule has 3 nitrogen and oxygen atoms in total. The fraction of sp³-hybridized carbons (Fsp3) is 0.235. The van der Waals surface area contributed by atoms with Crippen molar-refractivity contribution in [1.82, 2.24) is 0 Å². The molecule has 0 radical (unpaired) electrons. The predicted molar refractivity (Wildman–Crippen MR) is 85.8 cm³/mol. The maximum Gasteiger partial charge on any atom is 0.200 e. The number of carbonyl (C=O) groups excluding carboxylic acids is 1. The highest BCUT2D eigenvalue weighted by atomic mass is 32.2. The number of aryl methyl sites for hydroxylation is 1. The van der Waals surface area contributed by atoms with Crippen molar-refractivity contribution >= 4 is 17.5 Å². The molecule has 0 heterocycles. The van der Waals surface area contributed by atoms with Crippen molar-refractivity contribution in [2.45, 2.75) is 11.8 Å². The number of carbonyl (C=O) groups is 1. The summed E-state index contributed by atoms with van der Waals surface area (Å²) < 4.78 is 10.8. The fourth-order valence-electron chi connectivity index (χ4n) is 1.90. The Morgan fingerprint density at radius 3 is 2.43 bits per heavy atom. The normalized spacial score (nSPS) is 10.2. The Hall–Kier alpha value is -1.94. The van der Waals surface area contributed by atoms with Crippen LogP contribution < -0.4 is 9.47 Å². The molecule has 0 bridgehead atoms. The molecule has 0 saturated heterocycles. The van der Waals surface area contributed by atoms with E-state index >= 15 is 0 Å². The molecule has 0 N–H and O–H groups in total. The van der Waals surface area contributed by atoms with Crippen molar-refractivity contribution < 1.29 is 14.3 Å². The highest BCUT2D eigenvalue weighted by molar-refractivity contribution is 7.98. The molecular weight excluding hydrogens is 284 g/mol. The predicted octanol–water partition coefficient (Wildman–Crippen LogP) is 3.99. The first-order chi connectivity index (χ1) is 10.1. The molecule has 110 valence electrons. The molecule has 21 heavy (non-hydrogen) atoms. The zero-order valence-electron chi connectivity index (χ0n) is 12.4. The number of ketones is 1. The number of thioether (sulfide) groups is 1. The first-order valence-electron chi connectivity index (χ1n) is 6.58. The lowest BCUT2D eigenvalue weighted by atomic mass is 10.1. The average molecular weight is 302 g/mol. The third kappa shape index (κ3) is 4.02. The first-order valence-corrected chi connectivity index (χ1v) is 7.81. The van der Waals surface area contributed by atoms with Gasteiger partial charge in [-0.1, -0.05) is 18.2 Å². The van der Waals surface area contributed by atoms with Crippen LogP contribution in [0.4, 0.5) is 0 Å². The monoisotopic (exact) mass is 302 g/mol. The van der Waals surface area contributed by atoms with Gasteiger partial charge in [0, 0.05) is 10.5 Å². The van der Waals surface area contributed by atoms with E-state index in [1.807, 2.05) is 55.6 Å². The van der Waals surface area contributed by atoms with E-state index in [4.69, 9.17) is 9.47 Å². The minimum atomic E-state index is -0.0507. The fourth-order valence-corrected chi connectivity index (χ4v) is 2.31. The summed E-state index contributed by atoms with van der Waals surface area (Å²) in [4.78, 5) is 13.2. The molecule has 0 aliphatic heterocycles. The first kappa shape index (κ1) is 15.4. The van der Waals surface area contributed by atoms with E-state index in [1.54, 1.807) is 18.9 Å². The zero-order chi connectivity index (χ0) is 15.2. The van der Waals surface area contributed by atoms with Crippen molar-refractivity contribution in [2.24, 2.45) is 0 Å². The van der Waals surface area contributed by atoms with Crippen molar-refractivity contribution in [3.63, 3.8) is 0 Å². The van der Waals surface area contributed by atoms with Crippen LogP contribution in [0.1, 0.15) is 15.9 Å². The van der Waals surface area contributed by atoms with Gasteiger partial charge in [0.2, 0.25) is 0 Å². The van der Waals surface area contributed by atoms with Gasteiger partial charge in [-0.3, -0.25) is 4.79 Å². The van der Waals surface area contributed by atoms with E-state index in [0.29, 0.717) is 17.1 Å². The third-order valence-electron chi connectivity index (χ3n) is 3.09. The van der Waals surface area contributed by atoms with Gasteiger partial charge in [-0.15, -0.1) is 11.8 Å². The average Bonchev–Trinajstić information content (AvgIpc) is 2.53. The molecule has 2 rings (SSSR count). The lowest BCUT2D eigenvalue weighted by Crippen LogP contribution is -2.12. The highest BCUT2D eigenvalue weighted by Crippen LogP contribution is 2.27. The molecule has 4 heteroatoms. The Bertz CT molecular complexity index is 620. The van der Waals surface area contributed by atoms with Crippen LogP contribution in [-0.4, -0.2) is 25.8 Å². The SMILES string of the molecule is COc1cc(C)ccc1OCC(=O)c1ccc(SC)cc1. The molecule has 0 aromatic heterocycles. The number of hydrogen-bond acceptors (Lipinski definition) is 4. The zero-order valence-corrected chi connectivity index (χ0v) is 13.2. The Morgan fingerprint density at radius 2 is 1.81 bits per heavy atom.